The molecule has 0 aliphatic rings. The second kappa shape index (κ2) is 5.66. The van der Waals surface area contributed by atoms with Gasteiger partial charge in [-0.15, -0.1) is 11.3 Å². The molecule has 1 atom stereocenters. The summed E-state index contributed by atoms with van der Waals surface area (Å²) >= 11 is 1.15. The van der Waals surface area contributed by atoms with Crippen molar-refractivity contribution in [2.75, 3.05) is 0 Å². The number of nitrogens with zero attached hydrogens (tertiary/aromatic N) is 1. The summed E-state index contributed by atoms with van der Waals surface area (Å²) in [6, 6.07) is 3.81. The molecule has 0 radical (unpaired) electrons. The van der Waals surface area contributed by atoms with Gasteiger partial charge in [-0.05, 0) is 13.0 Å². The van der Waals surface area contributed by atoms with E-state index in [2.05, 4.69) is 15.3 Å². The highest BCUT2D eigenvalue weighted by Gasteiger charge is 2.17. The third-order valence-electron chi connectivity index (χ3n) is 2.47. The molecule has 0 bridgehead atoms. The van der Waals surface area contributed by atoms with Crippen LogP contribution in [0.15, 0.2) is 28.4 Å². The Morgan fingerprint density at radius 1 is 1.45 bits per heavy atom. The van der Waals surface area contributed by atoms with Crippen molar-refractivity contribution in [1.29, 1.82) is 0 Å². The van der Waals surface area contributed by atoms with E-state index in [0.29, 0.717) is 5.01 Å². The molecule has 0 saturated heterocycles. The highest BCUT2D eigenvalue weighted by Crippen LogP contribution is 2.18. The number of carboxylic acid groups (broad SMARTS) is 1. The predicted octanol–water partition coefficient (Wildman–Crippen LogP) is 1.02. The Hall–Kier alpha value is -2.48. The highest BCUT2D eigenvalue weighted by atomic mass is 32.1. The van der Waals surface area contributed by atoms with Crippen LogP contribution in [0.25, 0.3) is 0 Å². The van der Waals surface area contributed by atoms with Crippen LogP contribution >= 0.6 is 11.3 Å². The van der Waals surface area contributed by atoms with E-state index in [0.717, 1.165) is 11.3 Å². The first-order chi connectivity index (χ1) is 9.47. The highest BCUT2D eigenvalue weighted by molar-refractivity contribution is 7.09. The third kappa shape index (κ3) is 3.09. The summed E-state index contributed by atoms with van der Waals surface area (Å²) in [5.74, 6) is -1.57. The molecule has 2 aromatic heterocycles. The minimum atomic E-state index is -1.11. The number of aromatic nitrogens is 2. The number of thiazole rings is 1. The molecule has 1 unspecified atom stereocenters. The van der Waals surface area contributed by atoms with Gasteiger partial charge in [-0.2, -0.15) is 0 Å². The molecular weight excluding hydrogens is 282 g/mol. The maximum absolute atomic E-state index is 11.9. The van der Waals surface area contributed by atoms with Gasteiger partial charge >= 0.3 is 5.97 Å². The van der Waals surface area contributed by atoms with Crippen molar-refractivity contribution < 1.29 is 14.7 Å². The van der Waals surface area contributed by atoms with E-state index < -0.39 is 17.9 Å². The van der Waals surface area contributed by atoms with Crippen molar-refractivity contribution in [3.63, 3.8) is 0 Å². The molecule has 0 aliphatic heterocycles. The summed E-state index contributed by atoms with van der Waals surface area (Å²) in [5, 5.41) is 13.3. The summed E-state index contributed by atoms with van der Waals surface area (Å²) < 4.78 is 0. The minimum Gasteiger partial charge on any atom is -0.476 e. The van der Waals surface area contributed by atoms with Crippen molar-refractivity contribution in [2.24, 2.45) is 0 Å². The Morgan fingerprint density at radius 2 is 2.20 bits per heavy atom. The van der Waals surface area contributed by atoms with Crippen molar-refractivity contribution in [2.45, 2.75) is 13.0 Å². The molecule has 3 N–H and O–H groups in total. The molecule has 7 nitrogen and oxygen atoms in total. The van der Waals surface area contributed by atoms with Crippen LogP contribution in [-0.4, -0.2) is 27.0 Å². The number of aromatic carboxylic acids is 1. The lowest BCUT2D eigenvalue weighted by Gasteiger charge is -2.10. The lowest BCUT2D eigenvalue weighted by Crippen LogP contribution is -2.28. The molecule has 0 aliphatic carbocycles. The van der Waals surface area contributed by atoms with Crippen LogP contribution in [0.2, 0.25) is 0 Å². The second-order valence-electron chi connectivity index (χ2n) is 4.00. The number of H-pyrrole nitrogens is 1. The summed E-state index contributed by atoms with van der Waals surface area (Å²) in [6.45, 7) is 1.68. The molecule has 104 valence electrons. The smallest absolute Gasteiger partial charge is 0.355 e. The summed E-state index contributed by atoms with van der Waals surface area (Å²) in [6.07, 6.45) is 0. The molecule has 0 spiro atoms. The quantitative estimate of drug-likeness (QED) is 0.779. The number of pyridine rings is 1. The Kier molecular flexibility index (Phi) is 3.94. The Bertz CT molecular complexity index is 706. The second-order valence-corrected chi connectivity index (χ2v) is 4.89. The van der Waals surface area contributed by atoms with Crippen LogP contribution in [-0.2, 0) is 0 Å². The van der Waals surface area contributed by atoms with E-state index in [1.165, 1.54) is 23.6 Å². The number of hydrogen-bond acceptors (Lipinski definition) is 5. The Balaban J connectivity index is 2.10. The molecule has 1 amide bonds. The number of carboxylic acids is 1. The van der Waals surface area contributed by atoms with Gasteiger partial charge in [0.2, 0.25) is 5.56 Å². The molecule has 20 heavy (non-hydrogen) atoms. The van der Waals surface area contributed by atoms with Gasteiger partial charge in [0.05, 0.1) is 6.04 Å². The molecule has 2 rings (SSSR count). The number of aromatic amines is 1. The third-order valence-corrected chi connectivity index (χ3v) is 3.50. The maximum atomic E-state index is 11.9. The van der Waals surface area contributed by atoms with Crippen LogP contribution in [0.4, 0.5) is 0 Å². The van der Waals surface area contributed by atoms with E-state index in [1.807, 2.05) is 0 Å². The van der Waals surface area contributed by atoms with Crippen LogP contribution in [0.3, 0.4) is 0 Å². The lowest BCUT2D eigenvalue weighted by atomic mass is 10.3. The van der Waals surface area contributed by atoms with Crippen LogP contribution in [0, 0.1) is 0 Å². The number of nitrogens with one attached hydrogen (secondary N) is 2. The van der Waals surface area contributed by atoms with E-state index in [4.69, 9.17) is 5.11 Å². The zero-order chi connectivity index (χ0) is 14.7. The molecule has 0 aromatic carbocycles. The van der Waals surface area contributed by atoms with E-state index in [9.17, 15) is 14.4 Å². The van der Waals surface area contributed by atoms with Gasteiger partial charge in [0.25, 0.3) is 5.91 Å². The summed E-state index contributed by atoms with van der Waals surface area (Å²) in [4.78, 5) is 40.1. The lowest BCUT2D eigenvalue weighted by molar-refractivity contribution is 0.0691. The fourth-order valence-corrected chi connectivity index (χ4v) is 2.30. The standard InChI is InChI=1S/C12H11N3O4S/c1-6(11-15-8(5-20-11)12(18)19)13-10(17)7-3-2-4-9(16)14-7/h2-6H,1H3,(H,13,17)(H,14,16)(H,18,19). The number of carbonyl (C=O) groups excluding carboxylic acids is 1. The van der Waals surface area contributed by atoms with Crippen LogP contribution in [0.5, 0.6) is 0 Å². The van der Waals surface area contributed by atoms with Gasteiger partial charge in [-0.1, -0.05) is 6.07 Å². The van der Waals surface area contributed by atoms with Gasteiger partial charge in [0.15, 0.2) is 5.69 Å². The monoisotopic (exact) mass is 293 g/mol. The topological polar surface area (TPSA) is 112 Å². The Labute approximate surface area is 117 Å². The number of rotatable bonds is 4. The van der Waals surface area contributed by atoms with E-state index in [-0.39, 0.29) is 16.9 Å². The first kappa shape index (κ1) is 13.9. The van der Waals surface area contributed by atoms with Crippen molar-refractivity contribution >= 4 is 23.2 Å². The first-order valence-electron chi connectivity index (χ1n) is 5.66. The van der Waals surface area contributed by atoms with E-state index >= 15 is 0 Å². The van der Waals surface area contributed by atoms with Gasteiger partial charge in [0, 0.05) is 11.4 Å². The van der Waals surface area contributed by atoms with Gasteiger partial charge in [0.1, 0.15) is 10.7 Å². The zero-order valence-electron chi connectivity index (χ0n) is 10.4. The fraction of sp³-hybridized carbons (Fsp3) is 0.167. The number of hydrogen-bond donors (Lipinski definition) is 3. The van der Waals surface area contributed by atoms with Gasteiger partial charge in [-0.3, -0.25) is 9.59 Å². The van der Waals surface area contributed by atoms with Crippen molar-refractivity contribution in [3.05, 3.63) is 50.3 Å². The molecule has 8 heteroatoms. The average molecular weight is 293 g/mol. The molecule has 2 heterocycles. The van der Waals surface area contributed by atoms with Gasteiger partial charge in [-0.25, -0.2) is 9.78 Å². The molecule has 0 saturated carbocycles. The predicted molar refractivity (Wildman–Crippen MR) is 72.0 cm³/mol. The van der Waals surface area contributed by atoms with Crippen LogP contribution in [0.1, 0.15) is 39.0 Å². The number of carbonyl (C=O) groups is 2. The summed E-state index contributed by atoms with van der Waals surface area (Å²) in [5.41, 5.74) is -0.286. The molecular formula is C12H11N3O4S. The molecule has 0 fully saturated rings. The van der Waals surface area contributed by atoms with Crippen molar-refractivity contribution in [3.8, 4) is 0 Å². The summed E-state index contributed by atoms with van der Waals surface area (Å²) in [7, 11) is 0. The van der Waals surface area contributed by atoms with E-state index in [1.54, 1.807) is 6.92 Å². The minimum absolute atomic E-state index is 0.0563. The first-order valence-corrected chi connectivity index (χ1v) is 6.54. The SMILES string of the molecule is CC(NC(=O)c1cccc(=O)[nH]1)c1nc(C(=O)O)cs1. The number of amides is 1. The largest absolute Gasteiger partial charge is 0.476 e. The Morgan fingerprint density at radius 3 is 2.80 bits per heavy atom. The van der Waals surface area contributed by atoms with Crippen molar-refractivity contribution in [1.82, 2.24) is 15.3 Å². The average Bonchev–Trinajstić information content (AvgIpc) is 2.88. The zero-order valence-corrected chi connectivity index (χ0v) is 11.2. The normalized spacial score (nSPS) is 11.8. The van der Waals surface area contributed by atoms with Crippen LogP contribution < -0.4 is 10.9 Å². The molecule has 2 aromatic rings. The fourth-order valence-electron chi connectivity index (χ4n) is 1.50. The maximum Gasteiger partial charge on any atom is 0.355 e. The van der Waals surface area contributed by atoms with Gasteiger partial charge < -0.3 is 15.4 Å².